The Morgan fingerprint density at radius 3 is 2.74 bits per heavy atom. The highest BCUT2D eigenvalue weighted by atomic mass is 32.1. The Morgan fingerprint density at radius 1 is 1.30 bits per heavy atom. The van der Waals surface area contributed by atoms with E-state index in [9.17, 15) is 0 Å². The first-order valence-corrected chi connectivity index (χ1v) is 9.14. The number of benzene rings is 1. The largest absolute Gasteiger partial charge is 0.354 e. The molecule has 1 aliphatic rings. The van der Waals surface area contributed by atoms with Gasteiger partial charge in [-0.1, -0.05) is 31.2 Å². The van der Waals surface area contributed by atoms with E-state index in [1.807, 2.05) is 20.3 Å². The Labute approximate surface area is 143 Å². The predicted octanol–water partition coefficient (Wildman–Crippen LogP) is 2.92. The number of aromatic nitrogens is 1. The van der Waals surface area contributed by atoms with E-state index in [0.717, 1.165) is 37.7 Å². The zero-order valence-corrected chi connectivity index (χ0v) is 15.1. The Morgan fingerprint density at radius 2 is 2.09 bits per heavy atom. The minimum absolute atomic E-state index is 0.444. The molecule has 0 bridgehead atoms. The van der Waals surface area contributed by atoms with Crippen LogP contribution in [-0.4, -0.2) is 43.6 Å². The van der Waals surface area contributed by atoms with Crippen LogP contribution in [0.5, 0.6) is 0 Å². The summed E-state index contributed by atoms with van der Waals surface area (Å²) in [7, 11) is 4.09. The Kier molecular flexibility index (Phi) is 5.30. The smallest absolute Gasteiger partial charge is 0.185 e. The van der Waals surface area contributed by atoms with Crippen LogP contribution >= 0.6 is 11.3 Å². The maximum absolute atomic E-state index is 4.50. The van der Waals surface area contributed by atoms with Crippen molar-refractivity contribution in [3.05, 3.63) is 46.5 Å². The van der Waals surface area contributed by atoms with Crippen LogP contribution in [0.2, 0.25) is 0 Å². The molecular formula is C18H26N4S. The Balaban J connectivity index is 1.74. The summed E-state index contributed by atoms with van der Waals surface area (Å²) >= 11 is 1.79. The molecule has 1 saturated heterocycles. The van der Waals surface area contributed by atoms with Crippen LogP contribution in [0.1, 0.15) is 29.0 Å². The van der Waals surface area contributed by atoms with Crippen LogP contribution in [0.15, 0.2) is 30.5 Å². The average molecular weight is 331 g/mol. The third-order valence-corrected chi connectivity index (χ3v) is 5.56. The van der Waals surface area contributed by atoms with Crippen molar-refractivity contribution in [2.75, 3.05) is 38.6 Å². The van der Waals surface area contributed by atoms with Crippen LogP contribution in [-0.2, 0) is 13.0 Å². The van der Waals surface area contributed by atoms with E-state index in [0.29, 0.717) is 6.04 Å². The lowest BCUT2D eigenvalue weighted by molar-refractivity contribution is 0.155. The van der Waals surface area contributed by atoms with Crippen LogP contribution in [0.25, 0.3) is 0 Å². The average Bonchev–Trinajstić information content (AvgIpc) is 3.04. The molecule has 1 aromatic heterocycles. The third kappa shape index (κ3) is 3.91. The predicted molar refractivity (Wildman–Crippen MR) is 98.3 cm³/mol. The lowest BCUT2D eigenvalue weighted by Crippen LogP contribution is -2.45. The molecule has 1 unspecified atom stereocenters. The monoisotopic (exact) mass is 330 g/mol. The maximum atomic E-state index is 4.50. The number of thiazole rings is 1. The van der Waals surface area contributed by atoms with E-state index in [1.165, 1.54) is 16.0 Å². The molecule has 1 aliphatic heterocycles. The summed E-state index contributed by atoms with van der Waals surface area (Å²) in [6.07, 6.45) is 3.13. The molecule has 4 nitrogen and oxygen atoms in total. The van der Waals surface area contributed by atoms with Crippen LogP contribution in [0.3, 0.4) is 0 Å². The van der Waals surface area contributed by atoms with Crippen molar-refractivity contribution in [2.24, 2.45) is 0 Å². The first-order chi connectivity index (χ1) is 11.2. The topological polar surface area (TPSA) is 31.4 Å². The summed E-state index contributed by atoms with van der Waals surface area (Å²) in [6, 6.07) is 9.56. The van der Waals surface area contributed by atoms with Gasteiger partial charge in [0.15, 0.2) is 5.13 Å². The molecule has 0 amide bonds. The number of aryl methyl sites for hydroxylation is 1. The van der Waals surface area contributed by atoms with E-state index in [2.05, 4.69) is 51.3 Å². The number of anilines is 1. The van der Waals surface area contributed by atoms with Gasteiger partial charge < -0.3 is 10.2 Å². The molecule has 3 rings (SSSR count). The molecule has 0 saturated carbocycles. The van der Waals surface area contributed by atoms with Gasteiger partial charge in [0, 0.05) is 57.4 Å². The highest BCUT2D eigenvalue weighted by Gasteiger charge is 2.24. The van der Waals surface area contributed by atoms with Gasteiger partial charge in [0.1, 0.15) is 0 Å². The second-order valence-corrected chi connectivity index (χ2v) is 7.38. The lowest BCUT2D eigenvalue weighted by atomic mass is 10.0. The molecule has 0 aliphatic carbocycles. The molecule has 2 heterocycles. The maximum Gasteiger partial charge on any atom is 0.185 e. The number of hydrogen-bond acceptors (Lipinski definition) is 5. The fraction of sp³-hybridized carbons (Fsp3) is 0.500. The van der Waals surface area contributed by atoms with Crippen molar-refractivity contribution in [3.63, 3.8) is 0 Å². The number of piperazine rings is 1. The fourth-order valence-electron chi connectivity index (χ4n) is 3.02. The molecule has 1 N–H and O–H groups in total. The van der Waals surface area contributed by atoms with E-state index < -0.39 is 0 Å². The number of nitrogens with zero attached hydrogens (tertiary/aromatic N) is 3. The summed E-state index contributed by atoms with van der Waals surface area (Å²) < 4.78 is 0. The van der Waals surface area contributed by atoms with E-state index in [-0.39, 0.29) is 0 Å². The van der Waals surface area contributed by atoms with Crippen LogP contribution in [0.4, 0.5) is 5.13 Å². The van der Waals surface area contributed by atoms with E-state index in [1.54, 1.807) is 11.3 Å². The van der Waals surface area contributed by atoms with Crippen LogP contribution in [0, 0.1) is 0 Å². The van der Waals surface area contributed by atoms with Gasteiger partial charge in [-0.25, -0.2) is 4.98 Å². The highest BCUT2D eigenvalue weighted by molar-refractivity contribution is 7.15. The van der Waals surface area contributed by atoms with Crippen molar-refractivity contribution < 1.29 is 0 Å². The van der Waals surface area contributed by atoms with Gasteiger partial charge in [-0.2, -0.15) is 0 Å². The first kappa shape index (κ1) is 16.4. The number of nitrogens with one attached hydrogen (secondary N) is 1. The van der Waals surface area contributed by atoms with Gasteiger partial charge in [-0.3, -0.25) is 4.90 Å². The minimum Gasteiger partial charge on any atom is -0.354 e. The van der Waals surface area contributed by atoms with Gasteiger partial charge >= 0.3 is 0 Å². The molecule has 0 spiro atoms. The second kappa shape index (κ2) is 7.43. The second-order valence-electron chi connectivity index (χ2n) is 6.29. The SMILES string of the molecule is CCc1ccc(C2CNCCN2Cc2cnc(N(C)C)s2)cc1. The van der Waals surface area contributed by atoms with E-state index >= 15 is 0 Å². The molecule has 2 aromatic rings. The molecule has 1 aromatic carbocycles. The van der Waals surface area contributed by atoms with Crippen molar-refractivity contribution in [1.29, 1.82) is 0 Å². The van der Waals surface area contributed by atoms with Crippen molar-refractivity contribution >= 4 is 16.5 Å². The molecule has 5 heteroatoms. The fourth-order valence-corrected chi connectivity index (χ4v) is 3.88. The minimum atomic E-state index is 0.444. The zero-order valence-electron chi connectivity index (χ0n) is 14.2. The molecule has 1 atom stereocenters. The molecule has 124 valence electrons. The summed E-state index contributed by atoms with van der Waals surface area (Å²) in [6.45, 7) is 6.34. The molecule has 0 radical (unpaired) electrons. The normalized spacial score (nSPS) is 19.0. The standard InChI is InChI=1S/C18H26N4S/c1-4-14-5-7-15(8-6-14)17-12-19-9-10-22(17)13-16-11-20-18(23-16)21(2)3/h5-8,11,17,19H,4,9-10,12-13H2,1-3H3. The number of hydrogen-bond donors (Lipinski definition) is 1. The van der Waals surface area contributed by atoms with Gasteiger partial charge in [0.25, 0.3) is 0 Å². The Hall–Kier alpha value is -1.43. The summed E-state index contributed by atoms with van der Waals surface area (Å²) in [5.41, 5.74) is 2.81. The van der Waals surface area contributed by atoms with Crippen molar-refractivity contribution in [3.8, 4) is 0 Å². The summed E-state index contributed by atoms with van der Waals surface area (Å²) in [5, 5.41) is 4.62. The number of rotatable bonds is 5. The van der Waals surface area contributed by atoms with Gasteiger partial charge in [0.2, 0.25) is 0 Å². The summed E-state index contributed by atoms with van der Waals surface area (Å²) in [4.78, 5) is 10.5. The lowest BCUT2D eigenvalue weighted by Gasteiger charge is -2.36. The quantitative estimate of drug-likeness (QED) is 0.913. The van der Waals surface area contributed by atoms with Crippen LogP contribution < -0.4 is 10.2 Å². The first-order valence-electron chi connectivity index (χ1n) is 8.33. The molecule has 1 fully saturated rings. The molecular weight excluding hydrogens is 304 g/mol. The van der Waals surface area contributed by atoms with Crippen molar-refractivity contribution in [2.45, 2.75) is 25.9 Å². The van der Waals surface area contributed by atoms with Crippen molar-refractivity contribution in [1.82, 2.24) is 15.2 Å². The van der Waals surface area contributed by atoms with Gasteiger partial charge in [0.05, 0.1) is 0 Å². The summed E-state index contributed by atoms with van der Waals surface area (Å²) in [5.74, 6) is 0. The van der Waals surface area contributed by atoms with Gasteiger partial charge in [-0.05, 0) is 17.5 Å². The Bertz CT molecular complexity index is 620. The zero-order chi connectivity index (χ0) is 16.2. The van der Waals surface area contributed by atoms with Gasteiger partial charge in [-0.15, -0.1) is 11.3 Å². The van der Waals surface area contributed by atoms with E-state index in [4.69, 9.17) is 0 Å². The highest BCUT2D eigenvalue weighted by Crippen LogP contribution is 2.28. The molecule has 23 heavy (non-hydrogen) atoms. The third-order valence-electron chi connectivity index (χ3n) is 4.41.